The molecule has 2 heterocycles. The number of benzene rings is 1. The molecule has 0 amide bonds. The Morgan fingerprint density at radius 1 is 1.08 bits per heavy atom. The van der Waals surface area contributed by atoms with E-state index in [2.05, 4.69) is 14.7 Å². The molecule has 1 aliphatic rings. The third-order valence-electron chi connectivity index (χ3n) is 4.10. The van der Waals surface area contributed by atoms with Crippen molar-refractivity contribution in [3.63, 3.8) is 0 Å². The van der Waals surface area contributed by atoms with Gasteiger partial charge in [0.2, 0.25) is 5.56 Å². The van der Waals surface area contributed by atoms with Crippen LogP contribution in [0.15, 0.2) is 53.6 Å². The van der Waals surface area contributed by atoms with Gasteiger partial charge in [-0.3, -0.25) is 4.79 Å². The Bertz CT molecular complexity index is 966. The van der Waals surface area contributed by atoms with Crippen molar-refractivity contribution in [2.24, 2.45) is 0 Å². The van der Waals surface area contributed by atoms with Gasteiger partial charge in [0, 0.05) is 35.6 Å². The molecule has 26 heavy (non-hydrogen) atoms. The third-order valence-corrected chi connectivity index (χ3v) is 4.10. The van der Waals surface area contributed by atoms with E-state index in [1.165, 1.54) is 18.2 Å². The van der Waals surface area contributed by atoms with Crippen LogP contribution < -0.4 is 10.3 Å². The first kappa shape index (κ1) is 16.4. The van der Waals surface area contributed by atoms with Gasteiger partial charge in [-0.2, -0.15) is 0 Å². The summed E-state index contributed by atoms with van der Waals surface area (Å²) in [5.74, 6) is 0.402. The summed E-state index contributed by atoms with van der Waals surface area (Å²) in [5.41, 5.74) is 1.96. The minimum atomic E-state index is -4.72. The number of rotatable bonds is 4. The van der Waals surface area contributed by atoms with E-state index in [1.54, 1.807) is 24.4 Å². The number of imidazole rings is 1. The van der Waals surface area contributed by atoms with E-state index < -0.39 is 6.36 Å². The van der Waals surface area contributed by atoms with Crippen LogP contribution in [0, 0.1) is 0 Å². The van der Waals surface area contributed by atoms with Crippen molar-refractivity contribution in [2.45, 2.75) is 25.2 Å². The number of pyridine rings is 1. The molecule has 3 aromatic rings. The number of nitrogens with zero attached hydrogens (tertiary/aromatic N) is 2. The maximum absolute atomic E-state index is 12.3. The Balaban J connectivity index is 1.69. The van der Waals surface area contributed by atoms with Crippen molar-refractivity contribution in [2.75, 3.05) is 0 Å². The monoisotopic (exact) mass is 361 g/mol. The molecule has 2 aromatic heterocycles. The second kappa shape index (κ2) is 6.05. The SMILES string of the molecule is O=c1ccc(-c2cn(C3CC3)c(-c3ccc(OC(F)(F)F)cc3)n2)c[nH]1. The molecule has 1 fully saturated rings. The van der Waals surface area contributed by atoms with Gasteiger partial charge in [-0.05, 0) is 43.2 Å². The van der Waals surface area contributed by atoms with E-state index >= 15 is 0 Å². The number of ether oxygens (including phenoxy) is 1. The van der Waals surface area contributed by atoms with Crippen LogP contribution in [-0.2, 0) is 0 Å². The highest BCUT2D eigenvalue weighted by Crippen LogP contribution is 2.40. The highest BCUT2D eigenvalue weighted by Gasteiger charge is 2.31. The quantitative estimate of drug-likeness (QED) is 0.760. The van der Waals surface area contributed by atoms with Gasteiger partial charge in [-0.25, -0.2) is 4.98 Å². The number of H-pyrrole nitrogens is 1. The van der Waals surface area contributed by atoms with Gasteiger partial charge in [-0.15, -0.1) is 13.2 Å². The van der Waals surface area contributed by atoms with Crippen LogP contribution >= 0.6 is 0 Å². The minimum Gasteiger partial charge on any atom is -0.406 e. The molecule has 0 aliphatic heterocycles. The molecule has 0 saturated heterocycles. The van der Waals surface area contributed by atoms with Crippen LogP contribution in [0.3, 0.4) is 0 Å². The maximum Gasteiger partial charge on any atom is 0.573 e. The Morgan fingerprint density at radius 3 is 2.35 bits per heavy atom. The Morgan fingerprint density at radius 2 is 1.77 bits per heavy atom. The fourth-order valence-corrected chi connectivity index (χ4v) is 2.75. The summed E-state index contributed by atoms with van der Waals surface area (Å²) in [6, 6.07) is 9.09. The number of halogens is 3. The number of nitrogens with one attached hydrogen (secondary N) is 1. The van der Waals surface area contributed by atoms with E-state index in [0.717, 1.165) is 18.4 Å². The van der Waals surface area contributed by atoms with Gasteiger partial charge in [-0.1, -0.05) is 0 Å². The highest BCUT2D eigenvalue weighted by molar-refractivity contribution is 5.65. The molecule has 0 bridgehead atoms. The van der Waals surface area contributed by atoms with E-state index in [1.807, 2.05) is 10.8 Å². The topological polar surface area (TPSA) is 59.9 Å². The largest absolute Gasteiger partial charge is 0.573 e. The first-order chi connectivity index (χ1) is 12.4. The summed E-state index contributed by atoms with van der Waals surface area (Å²) in [6.07, 6.45) is 0.839. The molecule has 5 nitrogen and oxygen atoms in total. The van der Waals surface area contributed by atoms with Crippen molar-refractivity contribution in [1.29, 1.82) is 0 Å². The van der Waals surface area contributed by atoms with Crippen molar-refractivity contribution >= 4 is 0 Å². The summed E-state index contributed by atoms with van der Waals surface area (Å²) in [6.45, 7) is 0. The van der Waals surface area contributed by atoms with Crippen LogP contribution in [-0.4, -0.2) is 20.9 Å². The Kier molecular flexibility index (Phi) is 3.82. The molecule has 4 rings (SSSR count). The lowest BCUT2D eigenvalue weighted by atomic mass is 10.2. The van der Waals surface area contributed by atoms with Gasteiger partial charge in [0.05, 0.1) is 5.69 Å². The zero-order valence-electron chi connectivity index (χ0n) is 13.5. The number of aromatic amines is 1. The molecule has 0 unspecified atom stereocenters. The molecule has 1 aromatic carbocycles. The van der Waals surface area contributed by atoms with Crippen LogP contribution in [0.25, 0.3) is 22.6 Å². The fourth-order valence-electron chi connectivity index (χ4n) is 2.75. The normalized spacial score (nSPS) is 14.4. The van der Waals surface area contributed by atoms with Gasteiger partial charge < -0.3 is 14.3 Å². The van der Waals surface area contributed by atoms with Crippen LogP contribution in [0.2, 0.25) is 0 Å². The Hall–Kier alpha value is -3.03. The minimum absolute atomic E-state index is 0.198. The van der Waals surface area contributed by atoms with E-state index in [9.17, 15) is 18.0 Å². The van der Waals surface area contributed by atoms with Crippen LogP contribution in [0.1, 0.15) is 18.9 Å². The number of aromatic nitrogens is 3. The summed E-state index contributed by atoms with van der Waals surface area (Å²) in [4.78, 5) is 18.5. The summed E-state index contributed by atoms with van der Waals surface area (Å²) < 4.78 is 42.8. The molecule has 1 aliphatic carbocycles. The molecule has 0 atom stereocenters. The second-order valence-electron chi connectivity index (χ2n) is 6.10. The molecule has 8 heteroatoms. The standard InChI is InChI=1S/C18H14F3N3O2/c19-18(20,21)26-14-6-1-11(2-7-14)17-23-15(10-24(17)13-4-5-13)12-3-8-16(25)22-9-12/h1-3,6-10,13H,4-5H2,(H,22,25). The number of hydrogen-bond acceptors (Lipinski definition) is 3. The average Bonchev–Trinajstić information content (AvgIpc) is 3.34. The predicted octanol–water partition coefficient (Wildman–Crippen LogP) is 4.14. The smallest absolute Gasteiger partial charge is 0.406 e. The molecular formula is C18H14F3N3O2. The van der Waals surface area contributed by atoms with Crippen molar-refractivity contribution in [3.8, 4) is 28.4 Å². The first-order valence-corrected chi connectivity index (χ1v) is 8.03. The lowest BCUT2D eigenvalue weighted by Crippen LogP contribution is -2.16. The van der Waals surface area contributed by atoms with E-state index in [4.69, 9.17) is 0 Å². The van der Waals surface area contributed by atoms with Crippen LogP contribution in [0.5, 0.6) is 5.75 Å². The molecule has 0 spiro atoms. The van der Waals surface area contributed by atoms with Gasteiger partial charge in [0.25, 0.3) is 0 Å². The van der Waals surface area contributed by atoms with Crippen LogP contribution in [0.4, 0.5) is 13.2 Å². The molecule has 0 radical (unpaired) electrons. The molecule has 134 valence electrons. The highest BCUT2D eigenvalue weighted by atomic mass is 19.4. The zero-order chi connectivity index (χ0) is 18.3. The molecule has 1 N–H and O–H groups in total. The number of alkyl halides is 3. The number of hydrogen-bond donors (Lipinski definition) is 1. The third kappa shape index (κ3) is 3.49. The average molecular weight is 361 g/mol. The van der Waals surface area contributed by atoms with Gasteiger partial charge in [0.15, 0.2) is 0 Å². The summed E-state index contributed by atoms with van der Waals surface area (Å²) in [7, 11) is 0. The molecule has 1 saturated carbocycles. The van der Waals surface area contributed by atoms with Gasteiger partial charge >= 0.3 is 6.36 Å². The van der Waals surface area contributed by atoms with E-state index in [0.29, 0.717) is 23.1 Å². The van der Waals surface area contributed by atoms with Crippen molar-refractivity contribution < 1.29 is 17.9 Å². The lowest BCUT2D eigenvalue weighted by Gasteiger charge is -2.10. The molecular weight excluding hydrogens is 347 g/mol. The van der Waals surface area contributed by atoms with Crippen molar-refractivity contribution in [1.82, 2.24) is 14.5 Å². The maximum atomic E-state index is 12.3. The zero-order valence-corrected chi connectivity index (χ0v) is 13.5. The van der Waals surface area contributed by atoms with E-state index in [-0.39, 0.29) is 11.3 Å². The van der Waals surface area contributed by atoms with Crippen molar-refractivity contribution in [3.05, 3.63) is 59.1 Å². The Labute approximate surface area is 146 Å². The summed E-state index contributed by atoms with van der Waals surface area (Å²) in [5, 5.41) is 0. The second-order valence-corrected chi connectivity index (χ2v) is 6.10. The predicted molar refractivity (Wildman–Crippen MR) is 88.7 cm³/mol. The lowest BCUT2D eigenvalue weighted by molar-refractivity contribution is -0.274. The summed E-state index contributed by atoms with van der Waals surface area (Å²) >= 11 is 0. The first-order valence-electron chi connectivity index (χ1n) is 8.03. The fraction of sp³-hybridized carbons (Fsp3) is 0.222. The van der Waals surface area contributed by atoms with Gasteiger partial charge in [0.1, 0.15) is 11.6 Å².